The zero-order valence-corrected chi connectivity index (χ0v) is 12.5. The third kappa shape index (κ3) is 3.33. The van der Waals surface area contributed by atoms with Crippen molar-refractivity contribution in [2.45, 2.75) is 45.1 Å². The summed E-state index contributed by atoms with van der Waals surface area (Å²) in [5, 5.41) is 10.7. The minimum Gasteiger partial charge on any atom is -0.390 e. The van der Waals surface area contributed by atoms with Crippen LogP contribution in [0.5, 0.6) is 0 Å². The minimum atomic E-state index is -0.631. The van der Waals surface area contributed by atoms with Crippen LogP contribution < -0.4 is 0 Å². The Balaban J connectivity index is 2.13. The third-order valence-electron chi connectivity index (χ3n) is 3.78. The van der Waals surface area contributed by atoms with Crippen LogP contribution in [0.1, 0.15) is 38.7 Å². The van der Waals surface area contributed by atoms with Crippen molar-refractivity contribution >= 4 is 15.9 Å². The van der Waals surface area contributed by atoms with Gasteiger partial charge in [0.1, 0.15) is 5.82 Å². The van der Waals surface area contributed by atoms with Crippen LogP contribution in [-0.2, 0) is 6.42 Å². The summed E-state index contributed by atoms with van der Waals surface area (Å²) >= 11 is 3.20. The fourth-order valence-electron chi connectivity index (χ4n) is 3.41. The Labute approximate surface area is 117 Å². The summed E-state index contributed by atoms with van der Waals surface area (Å²) in [6, 6.07) is 5.00. The highest BCUT2D eigenvalue weighted by Crippen LogP contribution is 2.38. The highest BCUT2D eigenvalue weighted by atomic mass is 79.9. The number of benzene rings is 1. The normalized spacial score (nSPS) is 32.5. The fraction of sp³-hybridized carbons (Fsp3) is 0.600. The van der Waals surface area contributed by atoms with E-state index >= 15 is 0 Å². The highest BCUT2D eigenvalue weighted by molar-refractivity contribution is 9.10. The van der Waals surface area contributed by atoms with Gasteiger partial charge in [0, 0.05) is 6.42 Å². The molecule has 1 fully saturated rings. The average molecular weight is 315 g/mol. The van der Waals surface area contributed by atoms with Crippen LogP contribution in [0, 0.1) is 17.7 Å². The minimum absolute atomic E-state index is 0.254. The van der Waals surface area contributed by atoms with Gasteiger partial charge in [0.15, 0.2) is 0 Å². The van der Waals surface area contributed by atoms with Crippen molar-refractivity contribution in [1.82, 2.24) is 0 Å². The van der Waals surface area contributed by atoms with Gasteiger partial charge in [-0.25, -0.2) is 4.39 Å². The number of aliphatic hydroxyl groups is 1. The van der Waals surface area contributed by atoms with Crippen molar-refractivity contribution in [1.29, 1.82) is 0 Å². The number of hydrogen-bond donors (Lipinski definition) is 1. The molecule has 2 atom stereocenters. The molecular formula is C15H20BrFO. The van der Waals surface area contributed by atoms with E-state index < -0.39 is 5.60 Å². The molecule has 1 N–H and O–H groups in total. The zero-order valence-electron chi connectivity index (χ0n) is 10.9. The lowest BCUT2D eigenvalue weighted by Crippen LogP contribution is -2.39. The molecule has 1 saturated carbocycles. The molecule has 2 rings (SSSR count). The standard InChI is InChI=1S/C15H20BrFO/c1-10-5-11(2)8-15(18,7-10)9-12-3-4-14(17)13(16)6-12/h3-4,6,10-11,18H,5,7-9H2,1-2H3. The molecule has 0 aliphatic heterocycles. The Hall–Kier alpha value is -0.410. The quantitative estimate of drug-likeness (QED) is 0.862. The molecule has 0 bridgehead atoms. The molecule has 1 nitrogen and oxygen atoms in total. The maximum absolute atomic E-state index is 13.2. The van der Waals surface area contributed by atoms with E-state index in [1.807, 2.05) is 0 Å². The van der Waals surface area contributed by atoms with Gasteiger partial charge >= 0.3 is 0 Å². The van der Waals surface area contributed by atoms with Crippen LogP contribution >= 0.6 is 15.9 Å². The molecular weight excluding hydrogens is 295 g/mol. The third-order valence-corrected chi connectivity index (χ3v) is 4.39. The second-order valence-corrected chi connectivity index (χ2v) is 6.86. The lowest BCUT2D eigenvalue weighted by molar-refractivity contribution is -0.0304. The molecule has 0 spiro atoms. The maximum atomic E-state index is 13.2. The van der Waals surface area contributed by atoms with E-state index in [2.05, 4.69) is 29.8 Å². The summed E-state index contributed by atoms with van der Waals surface area (Å²) in [4.78, 5) is 0. The largest absolute Gasteiger partial charge is 0.390 e. The Bertz CT molecular complexity index is 423. The van der Waals surface area contributed by atoms with Crippen LogP contribution in [-0.4, -0.2) is 10.7 Å². The van der Waals surface area contributed by atoms with E-state index in [0.29, 0.717) is 22.7 Å². The molecule has 1 aliphatic rings. The predicted molar refractivity (Wildman–Crippen MR) is 74.9 cm³/mol. The van der Waals surface area contributed by atoms with Gasteiger partial charge in [0.25, 0.3) is 0 Å². The Morgan fingerprint density at radius 3 is 2.50 bits per heavy atom. The van der Waals surface area contributed by atoms with Crippen LogP contribution in [0.3, 0.4) is 0 Å². The topological polar surface area (TPSA) is 20.2 Å². The summed E-state index contributed by atoms with van der Waals surface area (Å²) < 4.78 is 13.7. The van der Waals surface area contributed by atoms with Crippen LogP contribution in [0.2, 0.25) is 0 Å². The van der Waals surface area contributed by atoms with Crippen molar-refractivity contribution < 1.29 is 9.50 Å². The average Bonchev–Trinajstić information content (AvgIpc) is 2.21. The first-order chi connectivity index (χ1) is 8.38. The van der Waals surface area contributed by atoms with Crippen molar-refractivity contribution in [3.05, 3.63) is 34.1 Å². The van der Waals surface area contributed by atoms with Gasteiger partial charge in [-0.05, 0) is 64.7 Å². The van der Waals surface area contributed by atoms with E-state index in [9.17, 15) is 9.50 Å². The molecule has 0 saturated heterocycles. The molecule has 3 heteroatoms. The van der Waals surface area contributed by atoms with E-state index in [1.54, 1.807) is 12.1 Å². The molecule has 0 aromatic heterocycles. The molecule has 100 valence electrons. The molecule has 1 aromatic carbocycles. The van der Waals surface area contributed by atoms with Crippen LogP contribution in [0.4, 0.5) is 4.39 Å². The fourth-order valence-corrected chi connectivity index (χ4v) is 3.83. The van der Waals surface area contributed by atoms with E-state index in [0.717, 1.165) is 18.4 Å². The zero-order chi connectivity index (χ0) is 13.3. The second kappa shape index (κ2) is 5.30. The van der Waals surface area contributed by atoms with Gasteiger partial charge in [-0.15, -0.1) is 0 Å². The number of rotatable bonds is 2. The van der Waals surface area contributed by atoms with E-state index in [1.165, 1.54) is 12.5 Å². The molecule has 1 aliphatic carbocycles. The van der Waals surface area contributed by atoms with Gasteiger partial charge in [-0.3, -0.25) is 0 Å². The molecule has 2 unspecified atom stereocenters. The van der Waals surface area contributed by atoms with Crippen LogP contribution in [0.15, 0.2) is 22.7 Å². The first-order valence-corrected chi connectivity index (χ1v) is 7.33. The summed E-state index contributed by atoms with van der Waals surface area (Å²) in [5.74, 6) is 0.862. The van der Waals surface area contributed by atoms with Crippen molar-refractivity contribution in [2.24, 2.45) is 11.8 Å². The lowest BCUT2D eigenvalue weighted by Gasteiger charge is -2.39. The highest BCUT2D eigenvalue weighted by Gasteiger charge is 2.36. The van der Waals surface area contributed by atoms with Gasteiger partial charge in [-0.1, -0.05) is 19.9 Å². The second-order valence-electron chi connectivity index (χ2n) is 6.00. The number of hydrogen-bond acceptors (Lipinski definition) is 1. The summed E-state index contributed by atoms with van der Waals surface area (Å²) in [6.45, 7) is 4.39. The van der Waals surface area contributed by atoms with Gasteiger partial charge in [0.05, 0.1) is 10.1 Å². The lowest BCUT2D eigenvalue weighted by atomic mass is 9.71. The monoisotopic (exact) mass is 314 g/mol. The SMILES string of the molecule is CC1CC(C)CC(O)(Cc2ccc(F)c(Br)c2)C1. The van der Waals surface area contributed by atoms with Gasteiger partial charge in [-0.2, -0.15) is 0 Å². The smallest absolute Gasteiger partial charge is 0.137 e. The number of halogens is 2. The Kier molecular flexibility index (Phi) is 4.12. The summed E-state index contributed by atoms with van der Waals surface area (Å²) in [5.41, 5.74) is 0.362. The Morgan fingerprint density at radius 2 is 1.94 bits per heavy atom. The van der Waals surface area contributed by atoms with Gasteiger partial charge in [0.2, 0.25) is 0 Å². The van der Waals surface area contributed by atoms with Crippen molar-refractivity contribution in [3.8, 4) is 0 Å². The predicted octanol–water partition coefficient (Wildman–Crippen LogP) is 4.32. The van der Waals surface area contributed by atoms with E-state index in [4.69, 9.17) is 0 Å². The summed E-state index contributed by atoms with van der Waals surface area (Å²) in [7, 11) is 0. The van der Waals surface area contributed by atoms with Crippen molar-refractivity contribution in [3.63, 3.8) is 0 Å². The summed E-state index contributed by atoms with van der Waals surface area (Å²) in [6.07, 6.45) is 3.48. The molecule has 0 amide bonds. The van der Waals surface area contributed by atoms with Gasteiger partial charge < -0.3 is 5.11 Å². The van der Waals surface area contributed by atoms with E-state index in [-0.39, 0.29) is 5.82 Å². The maximum Gasteiger partial charge on any atom is 0.137 e. The van der Waals surface area contributed by atoms with Crippen LogP contribution in [0.25, 0.3) is 0 Å². The molecule has 0 radical (unpaired) electrons. The van der Waals surface area contributed by atoms with Crippen molar-refractivity contribution in [2.75, 3.05) is 0 Å². The first-order valence-electron chi connectivity index (χ1n) is 6.54. The molecule has 1 aromatic rings. The molecule has 0 heterocycles. The Morgan fingerprint density at radius 1 is 1.33 bits per heavy atom. The first kappa shape index (κ1) is 14.0. The molecule has 18 heavy (non-hydrogen) atoms.